The summed E-state index contributed by atoms with van der Waals surface area (Å²) in [5, 5.41) is 0.767. The van der Waals surface area contributed by atoms with E-state index in [0.717, 1.165) is 28.7 Å². The van der Waals surface area contributed by atoms with E-state index in [2.05, 4.69) is 30.9 Å². The van der Waals surface area contributed by atoms with Crippen LogP contribution < -0.4 is 0 Å². The van der Waals surface area contributed by atoms with Crippen molar-refractivity contribution in [3.8, 4) is 0 Å². The van der Waals surface area contributed by atoms with Crippen LogP contribution in [-0.4, -0.2) is 16.8 Å². The highest BCUT2D eigenvalue weighted by molar-refractivity contribution is 6.30. The summed E-state index contributed by atoms with van der Waals surface area (Å²) in [6, 6.07) is 8.85. The van der Waals surface area contributed by atoms with Crippen molar-refractivity contribution in [2.45, 2.75) is 58.0 Å². The molecule has 1 aromatic carbocycles. The van der Waals surface area contributed by atoms with Crippen LogP contribution in [0, 0.1) is 29.1 Å². The lowest BCUT2D eigenvalue weighted by Crippen LogP contribution is -2.69. The van der Waals surface area contributed by atoms with Crippen LogP contribution in [-0.2, 0) is 4.79 Å². The average Bonchev–Trinajstić information content (AvgIpc) is 2.54. The van der Waals surface area contributed by atoms with Crippen LogP contribution in [0.1, 0.15) is 57.6 Å². The molecular formula is C21H26ClNO. The second-order valence-electron chi connectivity index (χ2n) is 9.31. The molecule has 1 heterocycles. The van der Waals surface area contributed by atoms with E-state index in [4.69, 9.17) is 11.6 Å². The molecule has 1 aliphatic heterocycles. The third-order valence-electron chi connectivity index (χ3n) is 7.43. The molecule has 128 valence electrons. The van der Waals surface area contributed by atoms with E-state index in [-0.39, 0.29) is 11.5 Å². The maximum Gasteiger partial charge on any atom is 0.231 e. The number of β-lactam (4-membered cyclic amide) rings is 1. The van der Waals surface area contributed by atoms with E-state index in [9.17, 15) is 4.79 Å². The van der Waals surface area contributed by atoms with Crippen molar-refractivity contribution in [3.63, 3.8) is 0 Å². The number of carbonyl (C=O) groups is 1. The second-order valence-corrected chi connectivity index (χ2v) is 9.75. The number of nitrogens with zero attached hydrogens (tertiary/aromatic N) is 1. The molecule has 3 heteroatoms. The van der Waals surface area contributed by atoms with Crippen molar-refractivity contribution in [2.75, 3.05) is 0 Å². The van der Waals surface area contributed by atoms with E-state index in [1.807, 2.05) is 12.1 Å². The molecular weight excluding hydrogens is 318 g/mol. The van der Waals surface area contributed by atoms with E-state index in [1.54, 1.807) is 0 Å². The van der Waals surface area contributed by atoms with E-state index >= 15 is 0 Å². The summed E-state index contributed by atoms with van der Waals surface area (Å²) in [6.07, 6.45) is 6.88. The van der Waals surface area contributed by atoms with Crippen LogP contribution in [0.3, 0.4) is 0 Å². The van der Waals surface area contributed by atoms with Crippen LogP contribution in [0.25, 0.3) is 0 Å². The van der Waals surface area contributed by atoms with Crippen LogP contribution in [0.4, 0.5) is 0 Å². The number of amides is 1. The fourth-order valence-electron chi connectivity index (χ4n) is 6.73. The molecule has 5 aliphatic rings. The first kappa shape index (κ1) is 15.3. The molecule has 2 nitrogen and oxygen atoms in total. The van der Waals surface area contributed by atoms with Gasteiger partial charge < -0.3 is 4.90 Å². The minimum absolute atomic E-state index is 0.213. The Bertz CT molecular complexity index is 652. The maximum absolute atomic E-state index is 13.1. The van der Waals surface area contributed by atoms with Gasteiger partial charge in [-0.1, -0.05) is 23.7 Å². The monoisotopic (exact) mass is 343 g/mol. The Hall–Kier alpha value is -1.02. The quantitative estimate of drug-likeness (QED) is 0.686. The van der Waals surface area contributed by atoms with Gasteiger partial charge in [0, 0.05) is 11.1 Å². The molecule has 4 aliphatic carbocycles. The number of rotatable bonds is 2. The van der Waals surface area contributed by atoms with Crippen molar-refractivity contribution in [2.24, 2.45) is 29.1 Å². The normalized spacial score (nSPS) is 42.3. The van der Waals surface area contributed by atoms with Crippen LogP contribution in [0.2, 0.25) is 5.02 Å². The first-order valence-corrected chi connectivity index (χ1v) is 9.91. The van der Waals surface area contributed by atoms with Crippen LogP contribution >= 0.6 is 11.6 Å². The van der Waals surface area contributed by atoms with E-state index in [0.29, 0.717) is 11.9 Å². The largest absolute Gasteiger partial charge is 0.331 e. The summed E-state index contributed by atoms with van der Waals surface area (Å²) in [5.74, 6) is 3.75. The van der Waals surface area contributed by atoms with Gasteiger partial charge in [-0.3, -0.25) is 4.79 Å². The predicted molar refractivity (Wildman–Crippen MR) is 95.7 cm³/mol. The number of benzene rings is 1. The molecule has 0 spiro atoms. The van der Waals surface area contributed by atoms with E-state index < -0.39 is 0 Å². The third kappa shape index (κ3) is 1.98. The Morgan fingerprint density at radius 1 is 0.958 bits per heavy atom. The van der Waals surface area contributed by atoms with Gasteiger partial charge >= 0.3 is 0 Å². The lowest BCUT2D eigenvalue weighted by molar-refractivity contribution is -0.191. The smallest absolute Gasteiger partial charge is 0.231 e. The fraction of sp³-hybridized carbons (Fsp3) is 0.667. The second kappa shape index (κ2) is 5.00. The zero-order valence-electron chi connectivity index (χ0n) is 14.5. The first-order valence-electron chi connectivity index (χ1n) is 9.53. The maximum atomic E-state index is 13.1. The third-order valence-corrected chi connectivity index (χ3v) is 7.68. The van der Waals surface area contributed by atoms with Crippen molar-refractivity contribution in [3.05, 3.63) is 34.9 Å². The fourth-order valence-corrected chi connectivity index (χ4v) is 6.86. The SMILES string of the molecule is CC1(C)C(=O)N(C2C3CC4CC(C3)CC2C4)C1c1ccc(Cl)cc1. The summed E-state index contributed by atoms with van der Waals surface area (Å²) in [4.78, 5) is 15.3. The molecule has 1 saturated heterocycles. The molecule has 1 amide bonds. The number of halogens is 1. The van der Waals surface area contributed by atoms with Gasteiger partial charge in [0.05, 0.1) is 11.5 Å². The van der Waals surface area contributed by atoms with Gasteiger partial charge in [-0.25, -0.2) is 0 Å². The van der Waals surface area contributed by atoms with E-state index in [1.165, 1.54) is 37.7 Å². The van der Waals surface area contributed by atoms with Gasteiger partial charge in [-0.05, 0) is 87.3 Å². The van der Waals surface area contributed by atoms with Crippen molar-refractivity contribution in [1.29, 1.82) is 0 Å². The van der Waals surface area contributed by atoms with Crippen LogP contribution in [0.5, 0.6) is 0 Å². The summed E-state index contributed by atoms with van der Waals surface area (Å²) >= 11 is 6.08. The van der Waals surface area contributed by atoms with Gasteiger partial charge in [0.25, 0.3) is 0 Å². The molecule has 24 heavy (non-hydrogen) atoms. The summed E-state index contributed by atoms with van der Waals surface area (Å²) in [5.41, 5.74) is 0.959. The molecule has 0 radical (unpaired) electrons. The number of hydrogen-bond donors (Lipinski definition) is 0. The number of likely N-dealkylation sites (tertiary alicyclic amines) is 1. The van der Waals surface area contributed by atoms with Gasteiger partial charge in [0.15, 0.2) is 0 Å². The van der Waals surface area contributed by atoms with Gasteiger partial charge in [0.1, 0.15) is 0 Å². The van der Waals surface area contributed by atoms with Crippen molar-refractivity contribution >= 4 is 17.5 Å². The molecule has 5 fully saturated rings. The topological polar surface area (TPSA) is 20.3 Å². The highest BCUT2D eigenvalue weighted by Crippen LogP contribution is 2.60. The zero-order valence-corrected chi connectivity index (χ0v) is 15.3. The number of hydrogen-bond acceptors (Lipinski definition) is 1. The van der Waals surface area contributed by atoms with Crippen LogP contribution in [0.15, 0.2) is 24.3 Å². The average molecular weight is 344 g/mol. The van der Waals surface area contributed by atoms with Crippen molar-refractivity contribution in [1.82, 2.24) is 4.90 Å². The molecule has 0 aromatic heterocycles. The van der Waals surface area contributed by atoms with Crippen molar-refractivity contribution < 1.29 is 4.79 Å². The Kier molecular flexibility index (Phi) is 3.18. The molecule has 0 N–H and O–H groups in total. The van der Waals surface area contributed by atoms with Gasteiger partial charge in [-0.2, -0.15) is 0 Å². The van der Waals surface area contributed by atoms with Gasteiger partial charge in [0.2, 0.25) is 5.91 Å². The summed E-state index contributed by atoms with van der Waals surface area (Å²) < 4.78 is 0. The minimum Gasteiger partial charge on any atom is -0.331 e. The molecule has 1 unspecified atom stereocenters. The zero-order chi connectivity index (χ0) is 16.6. The molecule has 1 aromatic rings. The minimum atomic E-state index is -0.289. The predicted octanol–water partition coefficient (Wildman–Crippen LogP) is 5.07. The summed E-state index contributed by atoms with van der Waals surface area (Å²) in [7, 11) is 0. The Morgan fingerprint density at radius 2 is 1.50 bits per heavy atom. The highest BCUT2D eigenvalue weighted by Gasteiger charge is 2.61. The molecule has 1 atom stereocenters. The molecule has 6 rings (SSSR count). The first-order chi connectivity index (χ1) is 11.4. The Balaban J connectivity index is 1.50. The molecule has 4 saturated carbocycles. The Labute approximate surface area is 149 Å². The summed E-state index contributed by atoms with van der Waals surface area (Å²) in [6.45, 7) is 4.22. The molecule has 4 bridgehead atoms. The lowest BCUT2D eigenvalue weighted by Gasteiger charge is -2.64. The standard InChI is InChI=1S/C21H26ClNO/c1-21(2)19(14-3-5-17(22)6-4-14)23(20(21)24)18-15-8-12-7-13(10-15)11-16(18)9-12/h3-6,12-13,15-16,18-19H,7-11H2,1-2H3. The highest BCUT2D eigenvalue weighted by atomic mass is 35.5. The number of carbonyl (C=O) groups excluding carboxylic acids is 1. The Morgan fingerprint density at radius 3 is 2.04 bits per heavy atom. The lowest BCUT2D eigenvalue weighted by atomic mass is 9.52. The van der Waals surface area contributed by atoms with Gasteiger partial charge in [-0.15, -0.1) is 0 Å².